The fourth-order valence-corrected chi connectivity index (χ4v) is 6.70. The summed E-state index contributed by atoms with van der Waals surface area (Å²) in [5.41, 5.74) is 5.22. The molecule has 46 heavy (non-hydrogen) atoms. The molecule has 1 N–H and O–H groups in total. The lowest BCUT2D eigenvalue weighted by molar-refractivity contribution is -0.156. The van der Waals surface area contributed by atoms with Gasteiger partial charge in [-0.25, -0.2) is 9.59 Å². The van der Waals surface area contributed by atoms with Crippen molar-refractivity contribution < 1.29 is 19.1 Å². The molecular weight excluding hydrogens is 594 g/mol. The molecule has 0 aliphatic heterocycles. The first-order valence-electron chi connectivity index (χ1n) is 15.6. The lowest BCUT2D eigenvalue weighted by Gasteiger charge is -2.37. The van der Waals surface area contributed by atoms with Crippen LogP contribution in [0.25, 0.3) is 11.1 Å². The normalized spacial score (nSPS) is 13.0. The second-order valence-electron chi connectivity index (χ2n) is 12.0. The van der Waals surface area contributed by atoms with Crippen LogP contribution in [0.2, 0.25) is 5.02 Å². The zero-order valence-electron chi connectivity index (χ0n) is 25.9. The number of amides is 1. The SMILES string of the molecule is CC(C)C[C@@H](NC(=O)OCC1c2ccccc2-c2ccccc21)C(=O)OC(c1ccccc1)(c1ccccc1)c1ccccc1Cl. The van der Waals surface area contributed by atoms with E-state index in [9.17, 15) is 9.59 Å². The Morgan fingerprint density at radius 1 is 0.717 bits per heavy atom. The van der Waals surface area contributed by atoms with Crippen molar-refractivity contribution in [2.45, 2.75) is 37.8 Å². The summed E-state index contributed by atoms with van der Waals surface area (Å²) in [6.45, 7) is 4.13. The standard InChI is InChI=1S/C40H36ClNO4/c1-27(2)25-37(42-39(44)45-26-34-32-21-11-9-19-30(32)31-20-10-12-22-33(31)34)38(43)46-40(28-15-5-3-6-16-28,29-17-7-4-8-18-29)35-23-13-14-24-36(35)41/h3-24,27,34,37H,25-26H2,1-2H3,(H,42,44)/t37-/m1/s1. The number of ether oxygens (including phenoxy) is 2. The molecule has 1 aliphatic carbocycles. The number of hydrogen-bond acceptors (Lipinski definition) is 4. The number of halogens is 1. The smallest absolute Gasteiger partial charge is 0.407 e. The molecule has 1 amide bonds. The minimum atomic E-state index is -1.38. The number of rotatable bonds is 10. The molecule has 6 rings (SSSR count). The average molecular weight is 630 g/mol. The van der Waals surface area contributed by atoms with Gasteiger partial charge in [0.25, 0.3) is 0 Å². The highest BCUT2D eigenvalue weighted by atomic mass is 35.5. The van der Waals surface area contributed by atoms with E-state index in [1.54, 1.807) is 6.07 Å². The summed E-state index contributed by atoms with van der Waals surface area (Å²) in [6.07, 6.45) is -0.321. The van der Waals surface area contributed by atoms with Gasteiger partial charge in [-0.3, -0.25) is 0 Å². The molecule has 232 valence electrons. The Balaban J connectivity index is 1.29. The Hall–Kier alpha value is -4.87. The average Bonchev–Trinajstić information content (AvgIpc) is 3.40. The minimum absolute atomic E-state index is 0.0783. The van der Waals surface area contributed by atoms with Gasteiger partial charge >= 0.3 is 12.1 Å². The van der Waals surface area contributed by atoms with Gasteiger partial charge < -0.3 is 14.8 Å². The van der Waals surface area contributed by atoms with Crippen LogP contribution in [0, 0.1) is 5.92 Å². The second-order valence-corrected chi connectivity index (χ2v) is 12.4. The first-order chi connectivity index (χ1) is 22.4. The molecule has 1 aliphatic rings. The fraction of sp³-hybridized carbons (Fsp3) is 0.200. The molecule has 5 aromatic rings. The number of esters is 1. The first-order valence-corrected chi connectivity index (χ1v) is 16.0. The molecule has 6 heteroatoms. The number of benzene rings is 5. The van der Waals surface area contributed by atoms with Gasteiger partial charge in [0.1, 0.15) is 12.6 Å². The van der Waals surface area contributed by atoms with Crippen LogP contribution in [0.4, 0.5) is 4.79 Å². The lowest BCUT2D eigenvalue weighted by Crippen LogP contribution is -2.47. The van der Waals surface area contributed by atoms with Gasteiger partial charge in [-0.1, -0.05) is 153 Å². The van der Waals surface area contributed by atoms with Crippen molar-refractivity contribution in [3.8, 4) is 11.1 Å². The van der Waals surface area contributed by atoms with Gasteiger partial charge in [0, 0.05) is 27.6 Å². The number of fused-ring (bicyclic) bond motifs is 3. The van der Waals surface area contributed by atoms with Crippen LogP contribution in [0.15, 0.2) is 133 Å². The van der Waals surface area contributed by atoms with Crippen LogP contribution in [-0.2, 0) is 19.9 Å². The van der Waals surface area contributed by atoms with E-state index in [0.29, 0.717) is 17.0 Å². The van der Waals surface area contributed by atoms with Crippen molar-refractivity contribution >= 4 is 23.7 Å². The quantitative estimate of drug-likeness (QED) is 0.124. The Kier molecular flexibility index (Phi) is 9.23. The van der Waals surface area contributed by atoms with Crippen molar-refractivity contribution in [2.75, 3.05) is 6.61 Å². The highest BCUT2D eigenvalue weighted by Crippen LogP contribution is 2.45. The van der Waals surface area contributed by atoms with E-state index in [2.05, 4.69) is 29.6 Å². The number of carbonyl (C=O) groups excluding carboxylic acids is 2. The van der Waals surface area contributed by atoms with Crippen LogP contribution >= 0.6 is 11.6 Å². The fourth-order valence-electron chi connectivity index (χ4n) is 6.43. The third-order valence-electron chi connectivity index (χ3n) is 8.49. The van der Waals surface area contributed by atoms with Crippen LogP contribution in [0.1, 0.15) is 54.0 Å². The van der Waals surface area contributed by atoms with Gasteiger partial charge in [0.05, 0.1) is 0 Å². The molecule has 0 bridgehead atoms. The molecule has 5 nitrogen and oxygen atoms in total. The van der Waals surface area contributed by atoms with Crippen LogP contribution in [0.3, 0.4) is 0 Å². The van der Waals surface area contributed by atoms with Crippen molar-refractivity contribution in [2.24, 2.45) is 5.92 Å². The molecule has 0 heterocycles. The first kappa shape index (κ1) is 31.1. The van der Waals surface area contributed by atoms with Gasteiger partial charge in [0.2, 0.25) is 0 Å². The summed E-state index contributed by atoms with van der Waals surface area (Å²) in [4.78, 5) is 27.7. The Bertz CT molecular complexity index is 1740. The van der Waals surface area contributed by atoms with Gasteiger partial charge in [-0.05, 0) is 40.7 Å². The maximum absolute atomic E-state index is 14.3. The van der Waals surface area contributed by atoms with Gasteiger partial charge in [-0.15, -0.1) is 0 Å². The summed E-state index contributed by atoms with van der Waals surface area (Å²) in [5, 5.41) is 3.29. The second kappa shape index (κ2) is 13.6. The monoisotopic (exact) mass is 629 g/mol. The van der Waals surface area contributed by atoms with E-state index in [0.717, 1.165) is 33.4 Å². The Morgan fingerprint density at radius 2 is 1.22 bits per heavy atom. The molecule has 5 aromatic carbocycles. The summed E-state index contributed by atoms with van der Waals surface area (Å²) in [5.74, 6) is -0.609. The molecule has 0 fully saturated rings. The highest BCUT2D eigenvalue weighted by molar-refractivity contribution is 6.31. The third-order valence-corrected chi connectivity index (χ3v) is 8.82. The van der Waals surface area contributed by atoms with E-state index in [1.165, 1.54) is 0 Å². The molecule has 0 spiro atoms. The van der Waals surface area contributed by atoms with Crippen molar-refractivity contribution in [1.29, 1.82) is 0 Å². The lowest BCUT2D eigenvalue weighted by atomic mass is 9.80. The molecule has 0 radical (unpaired) electrons. The zero-order valence-corrected chi connectivity index (χ0v) is 26.6. The van der Waals surface area contributed by atoms with E-state index in [4.69, 9.17) is 21.1 Å². The van der Waals surface area contributed by atoms with Crippen LogP contribution in [-0.4, -0.2) is 24.7 Å². The topological polar surface area (TPSA) is 64.6 Å². The molecule has 0 saturated heterocycles. The molecule has 0 unspecified atom stereocenters. The third kappa shape index (κ3) is 6.16. The van der Waals surface area contributed by atoms with Crippen LogP contribution in [0.5, 0.6) is 0 Å². The summed E-state index contributed by atoms with van der Waals surface area (Å²) in [6, 6.07) is 41.8. The Morgan fingerprint density at radius 3 is 1.76 bits per heavy atom. The molecule has 0 aromatic heterocycles. The largest absolute Gasteiger partial charge is 0.449 e. The van der Waals surface area contributed by atoms with Gasteiger partial charge in [-0.2, -0.15) is 0 Å². The minimum Gasteiger partial charge on any atom is -0.449 e. The van der Waals surface area contributed by atoms with Crippen molar-refractivity contribution in [3.63, 3.8) is 0 Å². The molecule has 0 saturated carbocycles. The summed E-state index contributed by atoms with van der Waals surface area (Å²) >= 11 is 6.83. The van der Waals surface area contributed by atoms with Crippen molar-refractivity contribution in [1.82, 2.24) is 5.32 Å². The maximum Gasteiger partial charge on any atom is 0.407 e. The van der Waals surface area contributed by atoms with E-state index in [1.807, 2.05) is 117 Å². The van der Waals surface area contributed by atoms with Gasteiger partial charge in [0.15, 0.2) is 5.60 Å². The maximum atomic E-state index is 14.3. The number of hydrogen-bond donors (Lipinski definition) is 1. The van der Waals surface area contributed by atoms with Crippen molar-refractivity contribution in [3.05, 3.63) is 166 Å². The highest BCUT2D eigenvalue weighted by Gasteiger charge is 2.44. The number of alkyl carbamates (subject to hydrolysis) is 1. The van der Waals surface area contributed by atoms with Crippen LogP contribution < -0.4 is 5.32 Å². The number of carbonyl (C=O) groups is 2. The van der Waals surface area contributed by atoms with E-state index >= 15 is 0 Å². The Labute approximate surface area is 275 Å². The number of nitrogens with one attached hydrogen (secondary N) is 1. The predicted molar refractivity (Wildman–Crippen MR) is 182 cm³/mol. The predicted octanol–water partition coefficient (Wildman–Crippen LogP) is 9.13. The zero-order chi connectivity index (χ0) is 32.1. The van der Waals surface area contributed by atoms with E-state index in [-0.39, 0.29) is 18.4 Å². The molecule has 1 atom stereocenters. The van der Waals surface area contributed by atoms with E-state index < -0.39 is 23.7 Å². The molecular formula is C40H36ClNO4. The summed E-state index contributed by atoms with van der Waals surface area (Å²) < 4.78 is 12.4. The summed E-state index contributed by atoms with van der Waals surface area (Å²) in [7, 11) is 0.